The maximum atomic E-state index is 14.1. The Bertz CT molecular complexity index is 2670. The molecule has 2 amide bonds. The van der Waals surface area contributed by atoms with Crippen LogP contribution in [0.5, 0.6) is 11.5 Å². The molecule has 398 valence electrons. The second kappa shape index (κ2) is 25.3. The van der Waals surface area contributed by atoms with Crippen molar-refractivity contribution in [2.45, 2.75) is 77.7 Å². The van der Waals surface area contributed by atoms with E-state index in [1.165, 1.54) is 10.9 Å². The topological polar surface area (TPSA) is 215 Å². The Hall–Kier alpha value is -5.58. The number of amides is 2. The van der Waals surface area contributed by atoms with E-state index in [9.17, 15) is 19.8 Å². The normalized spacial score (nSPS) is 17.1. The van der Waals surface area contributed by atoms with Crippen LogP contribution in [0.3, 0.4) is 0 Å². The first-order chi connectivity index (χ1) is 36.0. The number of carbonyl (C=O) groups is 2. The summed E-state index contributed by atoms with van der Waals surface area (Å²) in [5.74, 6) is 1.44. The van der Waals surface area contributed by atoms with Crippen molar-refractivity contribution < 1.29 is 43.5 Å². The molecule has 4 aliphatic heterocycles. The number of hydrogen-bond donors (Lipinski definition) is 3. The number of aromatic hydroxyl groups is 2. The Morgan fingerprint density at radius 3 is 2.20 bits per heavy atom. The van der Waals surface area contributed by atoms with E-state index in [2.05, 4.69) is 53.8 Å². The summed E-state index contributed by atoms with van der Waals surface area (Å²) in [6.45, 7) is 16.5. The second-order valence-electron chi connectivity index (χ2n) is 20.0. The summed E-state index contributed by atoms with van der Waals surface area (Å²) in [5, 5.41) is 21.1. The lowest BCUT2D eigenvalue weighted by Gasteiger charge is -2.40. The van der Waals surface area contributed by atoms with Crippen molar-refractivity contribution >= 4 is 45.1 Å². The van der Waals surface area contributed by atoms with Crippen LogP contribution in [-0.4, -0.2) is 180 Å². The van der Waals surface area contributed by atoms with Gasteiger partial charge in [0.25, 0.3) is 5.91 Å². The number of morpholine rings is 1. The fourth-order valence-electron chi connectivity index (χ4n) is 10.5. The molecule has 0 radical (unpaired) electrons. The summed E-state index contributed by atoms with van der Waals surface area (Å²) < 4.78 is 29.0. The molecule has 19 nitrogen and oxygen atoms in total. The van der Waals surface area contributed by atoms with Crippen molar-refractivity contribution in [1.29, 1.82) is 0 Å². The smallest absolute Gasteiger partial charge is 0.258 e. The van der Waals surface area contributed by atoms with Crippen molar-refractivity contribution in [1.82, 2.24) is 39.5 Å². The largest absolute Gasteiger partial charge is 0.508 e. The van der Waals surface area contributed by atoms with Gasteiger partial charge < -0.3 is 54.3 Å². The lowest BCUT2D eigenvalue weighted by atomic mass is 9.93. The molecule has 0 saturated carbocycles. The van der Waals surface area contributed by atoms with Gasteiger partial charge in [-0.15, -0.1) is 11.3 Å². The number of hydrogen-bond acceptors (Lipinski definition) is 18. The number of thiophene rings is 1. The van der Waals surface area contributed by atoms with Crippen LogP contribution in [0, 0.1) is 5.92 Å². The van der Waals surface area contributed by atoms with Crippen LogP contribution in [0.25, 0.3) is 21.6 Å². The van der Waals surface area contributed by atoms with Gasteiger partial charge >= 0.3 is 0 Å². The van der Waals surface area contributed by atoms with E-state index in [4.69, 9.17) is 39.4 Å². The highest BCUT2D eigenvalue weighted by atomic mass is 32.1. The third-order valence-electron chi connectivity index (χ3n) is 14.6. The molecule has 0 aliphatic carbocycles. The SMILES string of the molecule is COCCOCCOCCOCCN(Cc1ccc2c(c1)CN(C(=O)c1cc(C(C)C)c(O)cc1O)C2)C1CCN(C(=O)C2CCN(Cc3cc4nc(-c5cnc(N)nc5)nc(N5CCOCC5)c4s3)CC2)CC1. The maximum Gasteiger partial charge on any atom is 0.258 e. The molecule has 20 heteroatoms. The van der Waals surface area contributed by atoms with Crippen molar-refractivity contribution in [2.24, 2.45) is 5.92 Å². The van der Waals surface area contributed by atoms with Crippen molar-refractivity contribution in [2.75, 3.05) is 123 Å². The van der Waals surface area contributed by atoms with Crippen LogP contribution in [0.1, 0.15) is 82.9 Å². The van der Waals surface area contributed by atoms with Gasteiger partial charge in [-0.25, -0.2) is 19.9 Å². The Labute approximate surface area is 437 Å². The first-order valence-electron chi connectivity index (χ1n) is 26.2. The summed E-state index contributed by atoms with van der Waals surface area (Å²) >= 11 is 1.74. The van der Waals surface area contributed by atoms with Crippen LogP contribution in [0.4, 0.5) is 11.8 Å². The molecule has 9 rings (SSSR count). The van der Waals surface area contributed by atoms with Crippen LogP contribution in [0.2, 0.25) is 0 Å². The van der Waals surface area contributed by atoms with Crippen molar-refractivity contribution in [3.63, 3.8) is 0 Å². The molecular weight excluding hydrogens is 965 g/mol. The summed E-state index contributed by atoms with van der Waals surface area (Å²) in [5.41, 5.74) is 11.5. The number of anilines is 2. The van der Waals surface area contributed by atoms with Gasteiger partial charge in [-0.2, -0.15) is 0 Å². The average Bonchev–Trinajstić information content (AvgIpc) is 4.04. The highest BCUT2D eigenvalue weighted by molar-refractivity contribution is 7.19. The number of phenolic OH excluding ortho intramolecular Hbond substituents is 2. The molecule has 4 N–H and O–H groups in total. The first kappa shape index (κ1) is 53.3. The molecule has 0 bridgehead atoms. The third kappa shape index (κ3) is 13.3. The second-order valence-corrected chi connectivity index (χ2v) is 21.1. The minimum Gasteiger partial charge on any atom is -0.508 e. The molecule has 2 aromatic carbocycles. The number of nitrogen functional groups attached to an aromatic ring is 1. The van der Waals surface area contributed by atoms with Gasteiger partial charge in [-0.3, -0.25) is 19.4 Å². The van der Waals surface area contributed by atoms with E-state index in [1.807, 2.05) is 13.8 Å². The van der Waals surface area contributed by atoms with Gasteiger partial charge in [-0.1, -0.05) is 32.0 Å². The lowest BCUT2D eigenvalue weighted by Crippen LogP contribution is -2.50. The van der Waals surface area contributed by atoms with E-state index >= 15 is 0 Å². The molecule has 74 heavy (non-hydrogen) atoms. The van der Waals surface area contributed by atoms with Crippen LogP contribution >= 0.6 is 11.3 Å². The quantitative estimate of drug-likeness (QED) is 0.0714. The summed E-state index contributed by atoms with van der Waals surface area (Å²) in [6, 6.07) is 11.8. The highest BCUT2D eigenvalue weighted by Crippen LogP contribution is 2.37. The van der Waals surface area contributed by atoms with E-state index in [0.29, 0.717) is 109 Å². The van der Waals surface area contributed by atoms with Gasteiger partial charge in [0.15, 0.2) is 11.6 Å². The molecule has 0 unspecified atom stereocenters. The van der Waals surface area contributed by atoms with Gasteiger partial charge in [-0.05, 0) is 79.1 Å². The van der Waals surface area contributed by atoms with Crippen molar-refractivity contribution in [3.8, 4) is 22.9 Å². The first-order valence-corrected chi connectivity index (χ1v) is 27.0. The number of benzene rings is 2. The number of likely N-dealkylation sites (tertiary alicyclic amines) is 2. The van der Waals surface area contributed by atoms with E-state index in [1.54, 1.807) is 41.8 Å². The molecular formula is C54H72N10O9S. The zero-order valence-electron chi connectivity index (χ0n) is 43.1. The number of nitrogens with two attached hydrogens (primary N) is 1. The molecule has 0 spiro atoms. The maximum absolute atomic E-state index is 14.1. The van der Waals surface area contributed by atoms with Crippen LogP contribution in [-0.2, 0) is 54.7 Å². The Morgan fingerprint density at radius 1 is 0.811 bits per heavy atom. The van der Waals surface area contributed by atoms with Gasteiger partial charge in [0.1, 0.15) is 11.5 Å². The van der Waals surface area contributed by atoms with Gasteiger partial charge in [0.05, 0.1) is 80.8 Å². The van der Waals surface area contributed by atoms with Crippen LogP contribution in [0.15, 0.2) is 48.8 Å². The number of phenols is 2. The summed E-state index contributed by atoms with van der Waals surface area (Å²) in [7, 11) is 1.65. The Kier molecular flexibility index (Phi) is 18.2. The zero-order chi connectivity index (χ0) is 51.6. The number of carbonyl (C=O) groups excluding carboxylic acids is 2. The number of fused-ring (bicyclic) bond motifs is 2. The molecule has 5 aromatic rings. The highest BCUT2D eigenvalue weighted by Gasteiger charge is 2.34. The number of rotatable bonds is 22. The Morgan fingerprint density at radius 2 is 1.50 bits per heavy atom. The number of methoxy groups -OCH3 is 1. The molecule has 0 atom stereocenters. The minimum atomic E-state index is -0.265. The zero-order valence-corrected chi connectivity index (χ0v) is 43.9. The molecule has 3 saturated heterocycles. The lowest BCUT2D eigenvalue weighted by molar-refractivity contribution is -0.138. The molecule has 7 heterocycles. The van der Waals surface area contributed by atoms with Crippen molar-refractivity contribution in [3.05, 3.63) is 81.5 Å². The molecule has 3 aromatic heterocycles. The average molecular weight is 1040 g/mol. The predicted octanol–water partition coefficient (Wildman–Crippen LogP) is 5.66. The standard InChI is InChI=1S/C54H72N10O9S/c1-36(2)44-28-45(48(66)29-47(44)65)53(68)64-33-39-5-4-37(26-40(39)34-64)32-63(16-19-71-22-23-73-25-24-72-21-20-69-3)42-8-12-62(13-9-42)52(67)38-6-10-60(11-7-38)35-43-27-46-49(74-43)51(61-14-17-70-18-15-61)59-50(58-46)41-30-56-54(55)57-31-41/h4-5,26-31,36,38,42,65-66H,6-25,32-35H2,1-3H3,(H2,55,56,57). The monoisotopic (exact) mass is 1040 g/mol. The van der Waals surface area contributed by atoms with E-state index in [-0.39, 0.29) is 52.7 Å². The molecule has 4 aliphatic rings. The number of piperidine rings is 2. The number of ether oxygens (including phenoxy) is 5. The fourth-order valence-corrected chi connectivity index (χ4v) is 11.6. The third-order valence-corrected chi connectivity index (χ3v) is 15.7. The number of nitrogens with zero attached hydrogens (tertiary/aromatic N) is 9. The summed E-state index contributed by atoms with van der Waals surface area (Å²) in [4.78, 5) is 58.5. The van der Waals surface area contributed by atoms with E-state index in [0.717, 1.165) is 97.7 Å². The van der Waals surface area contributed by atoms with E-state index < -0.39 is 0 Å². The predicted molar refractivity (Wildman–Crippen MR) is 282 cm³/mol. The minimum absolute atomic E-state index is 0.00505. The Balaban J connectivity index is 0.791. The number of aromatic nitrogens is 4. The molecule has 3 fully saturated rings. The fraction of sp³-hybridized carbons (Fsp3) is 0.556. The summed E-state index contributed by atoms with van der Waals surface area (Å²) in [6.07, 6.45) is 6.72. The van der Waals surface area contributed by atoms with Crippen LogP contribution < -0.4 is 10.6 Å². The van der Waals surface area contributed by atoms with Gasteiger partial charge in [0, 0.05) is 101 Å². The van der Waals surface area contributed by atoms with Gasteiger partial charge in [0.2, 0.25) is 11.9 Å².